The van der Waals surface area contributed by atoms with Crippen LogP contribution in [-0.4, -0.2) is 49.6 Å². The van der Waals surface area contributed by atoms with Crippen LogP contribution in [0.4, 0.5) is 4.79 Å². The smallest absolute Gasteiger partial charge is 0.318 e. The molecule has 1 atom stereocenters. The van der Waals surface area contributed by atoms with Crippen molar-refractivity contribution >= 4 is 11.8 Å². The number of benzene rings is 1. The Kier molecular flexibility index (Phi) is 5.55. The van der Waals surface area contributed by atoms with Gasteiger partial charge in [-0.2, -0.15) is 0 Å². The summed E-state index contributed by atoms with van der Waals surface area (Å²) in [6.07, 6.45) is 1.59. The van der Waals surface area contributed by atoms with E-state index in [4.69, 9.17) is 4.74 Å². The zero-order chi connectivity index (χ0) is 16.1. The van der Waals surface area contributed by atoms with E-state index in [-0.39, 0.29) is 17.9 Å². The van der Waals surface area contributed by atoms with Crippen LogP contribution in [0.1, 0.15) is 34.3 Å². The molecule has 22 heavy (non-hydrogen) atoms. The van der Waals surface area contributed by atoms with Crippen molar-refractivity contribution in [3.63, 3.8) is 0 Å². The number of carbonyl (C=O) groups is 2. The van der Waals surface area contributed by atoms with Crippen LogP contribution < -0.4 is 5.32 Å². The zero-order valence-electron chi connectivity index (χ0n) is 13.5. The normalized spacial score (nSPS) is 17.6. The minimum absolute atomic E-state index is 0.0422. The highest BCUT2D eigenvalue weighted by atomic mass is 16.5. The highest BCUT2D eigenvalue weighted by Crippen LogP contribution is 2.23. The van der Waals surface area contributed by atoms with E-state index >= 15 is 0 Å². The van der Waals surface area contributed by atoms with Crippen molar-refractivity contribution in [1.82, 2.24) is 10.2 Å². The number of urea groups is 1. The summed E-state index contributed by atoms with van der Waals surface area (Å²) in [5, 5.41) is 2.80. The maximum absolute atomic E-state index is 12.8. The molecule has 1 fully saturated rings. The molecule has 1 aliphatic rings. The van der Waals surface area contributed by atoms with Crippen molar-refractivity contribution in [2.24, 2.45) is 0 Å². The number of hydrogen-bond donors (Lipinski definition) is 1. The number of aryl methyl sites for hydroxylation is 2. The van der Waals surface area contributed by atoms with Crippen molar-refractivity contribution in [3.8, 4) is 0 Å². The number of rotatable bonds is 5. The molecule has 1 heterocycles. The molecule has 120 valence electrons. The molecule has 5 nitrogen and oxygen atoms in total. The summed E-state index contributed by atoms with van der Waals surface area (Å²) in [6.45, 7) is 5.45. The predicted molar refractivity (Wildman–Crippen MR) is 85.2 cm³/mol. The van der Waals surface area contributed by atoms with Crippen LogP contribution in [0.15, 0.2) is 18.2 Å². The lowest BCUT2D eigenvalue weighted by atomic mass is 9.96. The summed E-state index contributed by atoms with van der Waals surface area (Å²) in [5.41, 5.74) is 2.74. The van der Waals surface area contributed by atoms with Gasteiger partial charge in [0.15, 0.2) is 5.78 Å². The standard InChI is InChI=1S/C17H24N2O3/c1-12-6-7-13(2)14(11-12)16(20)15-5-4-9-19(15)17(21)18-8-10-22-3/h6-7,11,15H,4-5,8-10H2,1-3H3,(H,18,21). The minimum atomic E-state index is -0.358. The summed E-state index contributed by atoms with van der Waals surface area (Å²) < 4.78 is 4.93. The number of amides is 2. The van der Waals surface area contributed by atoms with Gasteiger partial charge in [0.2, 0.25) is 0 Å². The molecular weight excluding hydrogens is 280 g/mol. The molecule has 0 aromatic heterocycles. The Morgan fingerprint density at radius 2 is 2.14 bits per heavy atom. The first-order valence-electron chi connectivity index (χ1n) is 7.69. The molecule has 0 radical (unpaired) electrons. The van der Waals surface area contributed by atoms with Crippen molar-refractivity contribution in [3.05, 3.63) is 34.9 Å². The Balaban J connectivity index is 2.11. The summed E-state index contributed by atoms with van der Waals surface area (Å²) >= 11 is 0. The van der Waals surface area contributed by atoms with E-state index < -0.39 is 0 Å². The molecule has 2 rings (SSSR count). The van der Waals surface area contributed by atoms with Gasteiger partial charge in [0.05, 0.1) is 12.6 Å². The summed E-state index contributed by atoms with van der Waals surface area (Å²) in [5.74, 6) is 0.0422. The Morgan fingerprint density at radius 1 is 1.36 bits per heavy atom. The van der Waals surface area contributed by atoms with E-state index in [0.29, 0.717) is 19.7 Å². The summed E-state index contributed by atoms with van der Waals surface area (Å²) in [6, 6.07) is 5.33. The molecule has 1 aromatic carbocycles. The highest BCUT2D eigenvalue weighted by Gasteiger charge is 2.34. The number of ketones is 1. The number of hydrogen-bond acceptors (Lipinski definition) is 3. The van der Waals surface area contributed by atoms with Crippen molar-refractivity contribution < 1.29 is 14.3 Å². The molecule has 2 amide bonds. The number of likely N-dealkylation sites (tertiary alicyclic amines) is 1. The Bertz CT molecular complexity index is 557. The summed E-state index contributed by atoms with van der Waals surface area (Å²) in [7, 11) is 1.59. The van der Waals surface area contributed by atoms with Crippen LogP contribution in [0.5, 0.6) is 0 Å². The van der Waals surface area contributed by atoms with Gasteiger partial charge >= 0.3 is 6.03 Å². The van der Waals surface area contributed by atoms with Crippen LogP contribution >= 0.6 is 0 Å². The molecule has 0 aliphatic carbocycles. The number of nitrogens with one attached hydrogen (secondary N) is 1. The maximum atomic E-state index is 12.8. The molecule has 1 aromatic rings. The number of nitrogens with zero attached hydrogens (tertiary/aromatic N) is 1. The Hall–Kier alpha value is -1.88. The lowest BCUT2D eigenvalue weighted by molar-refractivity contribution is 0.0885. The maximum Gasteiger partial charge on any atom is 0.318 e. The number of methoxy groups -OCH3 is 1. The van der Waals surface area contributed by atoms with E-state index in [1.165, 1.54) is 0 Å². The third kappa shape index (κ3) is 3.65. The van der Waals surface area contributed by atoms with Gasteiger partial charge in [0.25, 0.3) is 0 Å². The molecule has 5 heteroatoms. The second kappa shape index (κ2) is 7.40. The molecule has 1 aliphatic heterocycles. The van der Waals surface area contributed by atoms with E-state index in [2.05, 4.69) is 5.32 Å². The van der Waals surface area contributed by atoms with Gasteiger partial charge in [0.1, 0.15) is 0 Å². The van der Waals surface area contributed by atoms with Gasteiger partial charge < -0.3 is 15.0 Å². The molecule has 1 N–H and O–H groups in total. The van der Waals surface area contributed by atoms with Crippen molar-refractivity contribution in [2.45, 2.75) is 32.7 Å². The first-order valence-corrected chi connectivity index (χ1v) is 7.69. The predicted octanol–water partition coefficient (Wildman–Crippen LogP) is 2.31. The zero-order valence-corrected chi connectivity index (χ0v) is 13.5. The topological polar surface area (TPSA) is 58.6 Å². The van der Waals surface area contributed by atoms with E-state index in [1.807, 2.05) is 32.0 Å². The Morgan fingerprint density at radius 3 is 2.86 bits per heavy atom. The molecule has 0 bridgehead atoms. The molecule has 0 saturated carbocycles. The first kappa shape index (κ1) is 16.5. The van der Waals surface area contributed by atoms with Gasteiger partial charge in [-0.15, -0.1) is 0 Å². The largest absolute Gasteiger partial charge is 0.383 e. The highest BCUT2D eigenvalue weighted by molar-refractivity contribution is 6.03. The number of Topliss-reactive ketones (excluding diaryl/α,β-unsaturated/α-hetero) is 1. The average Bonchev–Trinajstić information content (AvgIpc) is 2.98. The lowest BCUT2D eigenvalue weighted by Gasteiger charge is -2.24. The van der Waals surface area contributed by atoms with Crippen LogP contribution in [0.2, 0.25) is 0 Å². The second-order valence-corrected chi connectivity index (χ2v) is 5.76. The molecule has 1 saturated heterocycles. The van der Waals surface area contributed by atoms with Gasteiger partial charge in [-0.05, 0) is 38.3 Å². The Labute approximate surface area is 131 Å². The van der Waals surface area contributed by atoms with Crippen LogP contribution in [0, 0.1) is 13.8 Å². The fourth-order valence-corrected chi connectivity index (χ4v) is 2.82. The van der Waals surface area contributed by atoms with E-state index in [9.17, 15) is 9.59 Å². The molecule has 0 spiro atoms. The van der Waals surface area contributed by atoms with Crippen molar-refractivity contribution in [1.29, 1.82) is 0 Å². The van der Waals surface area contributed by atoms with Gasteiger partial charge in [0, 0.05) is 25.8 Å². The summed E-state index contributed by atoms with van der Waals surface area (Å²) in [4.78, 5) is 26.7. The van der Waals surface area contributed by atoms with Gasteiger partial charge in [-0.25, -0.2) is 4.79 Å². The minimum Gasteiger partial charge on any atom is -0.383 e. The second-order valence-electron chi connectivity index (χ2n) is 5.76. The lowest BCUT2D eigenvalue weighted by Crippen LogP contribution is -2.46. The molecular formula is C17H24N2O3. The van der Waals surface area contributed by atoms with Crippen LogP contribution in [0.3, 0.4) is 0 Å². The average molecular weight is 304 g/mol. The first-order chi connectivity index (χ1) is 10.5. The van der Waals surface area contributed by atoms with E-state index in [1.54, 1.807) is 12.0 Å². The third-order valence-electron chi connectivity index (χ3n) is 4.06. The quantitative estimate of drug-likeness (QED) is 0.671. The SMILES string of the molecule is COCCNC(=O)N1CCCC1C(=O)c1cc(C)ccc1C. The van der Waals surface area contributed by atoms with Gasteiger partial charge in [-0.1, -0.05) is 17.7 Å². The fraction of sp³-hybridized carbons (Fsp3) is 0.529. The van der Waals surface area contributed by atoms with Crippen molar-refractivity contribution in [2.75, 3.05) is 26.8 Å². The van der Waals surface area contributed by atoms with Gasteiger partial charge in [-0.3, -0.25) is 4.79 Å². The van der Waals surface area contributed by atoms with Crippen LogP contribution in [0.25, 0.3) is 0 Å². The van der Waals surface area contributed by atoms with E-state index in [0.717, 1.165) is 29.5 Å². The van der Waals surface area contributed by atoms with Crippen LogP contribution in [-0.2, 0) is 4.74 Å². The number of carbonyl (C=O) groups excluding carboxylic acids is 2. The third-order valence-corrected chi connectivity index (χ3v) is 4.06. The monoisotopic (exact) mass is 304 g/mol. The number of ether oxygens (including phenoxy) is 1. The fourth-order valence-electron chi connectivity index (χ4n) is 2.82. The molecule has 1 unspecified atom stereocenters.